The van der Waals surface area contributed by atoms with Crippen LogP contribution in [0.4, 0.5) is 0 Å². The first-order chi connectivity index (χ1) is 11.0. The van der Waals surface area contributed by atoms with E-state index in [1.54, 1.807) is 0 Å². The number of aliphatic imine (C=N–C) groups is 1. The van der Waals surface area contributed by atoms with E-state index in [0.29, 0.717) is 6.54 Å². The first kappa shape index (κ1) is 17.8. The quantitative estimate of drug-likeness (QED) is 0.578. The predicted molar refractivity (Wildman–Crippen MR) is 96.6 cm³/mol. The zero-order chi connectivity index (χ0) is 16.7. The number of aliphatic hydroxyl groups is 1. The van der Waals surface area contributed by atoms with Gasteiger partial charge in [-0.25, -0.2) is 4.99 Å². The monoisotopic (exact) mass is 317 g/mol. The third-order valence-electron chi connectivity index (χ3n) is 4.82. The van der Waals surface area contributed by atoms with E-state index in [1.165, 1.54) is 17.5 Å². The number of benzene rings is 1. The number of nitrogens with one attached hydrogen (secondary N) is 2. The molecule has 1 saturated carbocycles. The molecule has 0 heterocycles. The second-order valence-electron chi connectivity index (χ2n) is 6.95. The summed E-state index contributed by atoms with van der Waals surface area (Å²) in [5, 5.41) is 17.0. The van der Waals surface area contributed by atoms with Crippen LogP contribution in [0, 0.1) is 12.3 Å². The van der Waals surface area contributed by atoms with Gasteiger partial charge in [-0.2, -0.15) is 0 Å². The smallest absolute Gasteiger partial charge is 0.191 e. The third-order valence-corrected chi connectivity index (χ3v) is 4.82. The average Bonchev–Trinajstić information content (AvgIpc) is 2.55. The third kappa shape index (κ3) is 5.24. The summed E-state index contributed by atoms with van der Waals surface area (Å²) < 4.78 is 0. The number of hydrogen-bond acceptors (Lipinski definition) is 2. The maximum atomic E-state index is 10.3. The Morgan fingerprint density at radius 3 is 2.65 bits per heavy atom. The normalized spacial score (nSPS) is 25.2. The van der Waals surface area contributed by atoms with Crippen molar-refractivity contribution in [3.05, 3.63) is 35.4 Å². The Hall–Kier alpha value is -1.55. The van der Waals surface area contributed by atoms with Crippen LogP contribution in [-0.2, 0) is 6.54 Å². The molecule has 1 aliphatic carbocycles. The highest BCUT2D eigenvalue weighted by atomic mass is 16.3. The number of guanidine groups is 1. The predicted octanol–water partition coefficient (Wildman–Crippen LogP) is 2.99. The highest BCUT2D eigenvalue weighted by Gasteiger charge is 2.35. The van der Waals surface area contributed by atoms with Gasteiger partial charge in [0.05, 0.1) is 12.6 Å². The van der Waals surface area contributed by atoms with Gasteiger partial charge in [0, 0.05) is 18.5 Å². The molecule has 1 aliphatic rings. The van der Waals surface area contributed by atoms with Crippen molar-refractivity contribution in [1.29, 1.82) is 0 Å². The minimum atomic E-state index is -0.219. The van der Waals surface area contributed by atoms with Crippen molar-refractivity contribution in [3.8, 4) is 0 Å². The van der Waals surface area contributed by atoms with Crippen LogP contribution in [0.2, 0.25) is 0 Å². The van der Waals surface area contributed by atoms with E-state index in [2.05, 4.69) is 60.7 Å². The van der Waals surface area contributed by atoms with Crippen molar-refractivity contribution in [2.45, 2.75) is 59.1 Å². The highest BCUT2D eigenvalue weighted by molar-refractivity contribution is 5.79. The van der Waals surface area contributed by atoms with Gasteiger partial charge >= 0.3 is 0 Å². The van der Waals surface area contributed by atoms with Crippen LogP contribution in [0.3, 0.4) is 0 Å². The van der Waals surface area contributed by atoms with Gasteiger partial charge in [0.15, 0.2) is 5.96 Å². The molecule has 3 N–H and O–H groups in total. The first-order valence-corrected chi connectivity index (χ1v) is 8.79. The molecule has 1 aromatic carbocycles. The first-order valence-electron chi connectivity index (χ1n) is 8.79. The minimum absolute atomic E-state index is 0.0572. The fourth-order valence-electron chi connectivity index (χ4n) is 3.08. The van der Waals surface area contributed by atoms with Gasteiger partial charge in [-0.3, -0.25) is 0 Å². The second-order valence-corrected chi connectivity index (χ2v) is 6.95. The molecule has 23 heavy (non-hydrogen) atoms. The standard InChI is InChI=1S/C19H31N3O/c1-4-20-18(21-13-16-10-8-15(2)9-11-16)22-14-19(3)12-6-5-7-17(19)23/h8-11,17,23H,4-7,12-14H2,1-3H3,(H2,20,21,22). The molecular formula is C19H31N3O. The molecule has 0 aliphatic heterocycles. The molecule has 4 nitrogen and oxygen atoms in total. The summed E-state index contributed by atoms with van der Waals surface area (Å²) in [6.07, 6.45) is 4.10. The van der Waals surface area contributed by atoms with Crippen molar-refractivity contribution >= 4 is 5.96 Å². The highest BCUT2D eigenvalue weighted by Crippen LogP contribution is 2.35. The van der Waals surface area contributed by atoms with Crippen molar-refractivity contribution < 1.29 is 5.11 Å². The van der Waals surface area contributed by atoms with Gasteiger partial charge in [0.2, 0.25) is 0 Å². The molecule has 2 unspecified atom stereocenters. The topological polar surface area (TPSA) is 56.7 Å². The maximum absolute atomic E-state index is 10.3. The lowest BCUT2D eigenvalue weighted by atomic mass is 9.73. The Morgan fingerprint density at radius 1 is 1.26 bits per heavy atom. The molecule has 4 heteroatoms. The molecule has 0 spiro atoms. The largest absolute Gasteiger partial charge is 0.392 e. The number of hydrogen-bond donors (Lipinski definition) is 3. The van der Waals surface area contributed by atoms with Gasteiger partial charge < -0.3 is 15.7 Å². The lowest BCUT2D eigenvalue weighted by Gasteiger charge is -2.38. The molecule has 0 radical (unpaired) electrons. The molecule has 0 saturated heterocycles. The van der Waals surface area contributed by atoms with Crippen molar-refractivity contribution in [1.82, 2.24) is 10.6 Å². The Bertz CT molecular complexity index is 512. The molecule has 1 fully saturated rings. The molecule has 0 bridgehead atoms. The van der Waals surface area contributed by atoms with E-state index in [9.17, 15) is 5.11 Å². The SMILES string of the molecule is CCNC(=NCc1ccc(C)cc1)NCC1(C)CCCCC1O. The van der Waals surface area contributed by atoms with Crippen LogP contribution in [0.25, 0.3) is 0 Å². The van der Waals surface area contributed by atoms with Crippen LogP contribution in [0.15, 0.2) is 29.3 Å². The van der Waals surface area contributed by atoms with Crippen molar-refractivity contribution in [2.24, 2.45) is 10.4 Å². The number of nitrogens with zero attached hydrogens (tertiary/aromatic N) is 1. The molecule has 0 amide bonds. The summed E-state index contributed by atoms with van der Waals surface area (Å²) in [7, 11) is 0. The van der Waals surface area contributed by atoms with Gasteiger partial charge in [-0.15, -0.1) is 0 Å². The van der Waals surface area contributed by atoms with Crippen LogP contribution in [-0.4, -0.2) is 30.3 Å². The van der Waals surface area contributed by atoms with Crippen LogP contribution < -0.4 is 10.6 Å². The van der Waals surface area contributed by atoms with E-state index < -0.39 is 0 Å². The van der Waals surface area contributed by atoms with Crippen molar-refractivity contribution in [2.75, 3.05) is 13.1 Å². The Balaban J connectivity index is 1.94. The molecule has 2 rings (SSSR count). The molecule has 1 aromatic rings. The molecule has 2 atom stereocenters. The lowest BCUT2D eigenvalue weighted by molar-refractivity contribution is 0.00397. The average molecular weight is 317 g/mol. The van der Waals surface area contributed by atoms with Gasteiger partial charge in [0.1, 0.15) is 0 Å². The van der Waals surface area contributed by atoms with Gasteiger partial charge in [-0.05, 0) is 32.3 Å². The summed E-state index contributed by atoms with van der Waals surface area (Å²) in [6.45, 7) is 8.59. The summed E-state index contributed by atoms with van der Waals surface area (Å²) in [6, 6.07) is 8.47. The van der Waals surface area contributed by atoms with Crippen LogP contribution >= 0.6 is 0 Å². The fourth-order valence-corrected chi connectivity index (χ4v) is 3.08. The summed E-state index contributed by atoms with van der Waals surface area (Å²) in [5.41, 5.74) is 2.41. The minimum Gasteiger partial charge on any atom is -0.392 e. The van der Waals surface area contributed by atoms with Crippen LogP contribution in [0.5, 0.6) is 0 Å². The molecular weight excluding hydrogens is 286 g/mol. The van der Waals surface area contributed by atoms with Crippen molar-refractivity contribution in [3.63, 3.8) is 0 Å². The van der Waals surface area contributed by atoms with Gasteiger partial charge in [0.25, 0.3) is 0 Å². The zero-order valence-electron chi connectivity index (χ0n) is 14.7. The Morgan fingerprint density at radius 2 is 2.00 bits per heavy atom. The number of aryl methyl sites for hydroxylation is 1. The number of rotatable bonds is 5. The zero-order valence-corrected chi connectivity index (χ0v) is 14.7. The summed E-state index contributed by atoms with van der Waals surface area (Å²) in [5.74, 6) is 0.826. The lowest BCUT2D eigenvalue weighted by Crippen LogP contribution is -2.48. The summed E-state index contributed by atoms with van der Waals surface area (Å²) in [4.78, 5) is 4.67. The Kier molecular flexibility index (Phi) is 6.46. The van der Waals surface area contributed by atoms with E-state index in [0.717, 1.165) is 38.3 Å². The maximum Gasteiger partial charge on any atom is 0.191 e. The molecule has 0 aromatic heterocycles. The second kappa shape index (κ2) is 8.34. The number of aliphatic hydroxyl groups excluding tert-OH is 1. The van der Waals surface area contributed by atoms with E-state index in [1.807, 2.05) is 0 Å². The fraction of sp³-hybridized carbons (Fsp3) is 0.632. The molecule has 128 valence electrons. The van der Waals surface area contributed by atoms with Crippen LogP contribution in [0.1, 0.15) is 50.7 Å². The Labute approximate surface area is 140 Å². The van der Waals surface area contributed by atoms with Gasteiger partial charge in [-0.1, -0.05) is 49.6 Å². The van der Waals surface area contributed by atoms with E-state index in [-0.39, 0.29) is 11.5 Å². The van der Waals surface area contributed by atoms with E-state index in [4.69, 9.17) is 0 Å². The summed E-state index contributed by atoms with van der Waals surface area (Å²) >= 11 is 0. The van der Waals surface area contributed by atoms with E-state index >= 15 is 0 Å².